The number of carbonyl (C=O) groups excluding carboxylic acids is 1. The van der Waals surface area contributed by atoms with Gasteiger partial charge in [-0.3, -0.25) is 4.79 Å². The minimum Gasteiger partial charge on any atom is -0.339 e. The molecule has 0 fully saturated rings. The summed E-state index contributed by atoms with van der Waals surface area (Å²) in [5.41, 5.74) is 3.93. The zero-order valence-corrected chi connectivity index (χ0v) is 15.5. The first-order chi connectivity index (χ1) is 13.0. The van der Waals surface area contributed by atoms with Gasteiger partial charge in [0.15, 0.2) is 0 Å². The number of nitrogens with one attached hydrogen (secondary N) is 2. The first-order valence-electron chi connectivity index (χ1n) is 8.13. The van der Waals surface area contributed by atoms with Gasteiger partial charge in [-0.25, -0.2) is 9.97 Å². The van der Waals surface area contributed by atoms with Crippen molar-refractivity contribution in [3.63, 3.8) is 0 Å². The Hall–Kier alpha value is -3.43. The topological polar surface area (TPSA) is 90.7 Å². The lowest BCUT2D eigenvalue weighted by Crippen LogP contribution is -2.14. The number of halogens is 1. The van der Waals surface area contributed by atoms with Gasteiger partial charge in [-0.15, -0.1) is 0 Å². The van der Waals surface area contributed by atoms with E-state index in [9.17, 15) is 4.79 Å². The summed E-state index contributed by atoms with van der Waals surface area (Å²) < 4.78 is 0. The first kappa shape index (κ1) is 18.4. The predicted octanol–water partition coefficient (Wildman–Crippen LogP) is 4.61. The van der Waals surface area contributed by atoms with Gasteiger partial charge in [0.2, 0.25) is 0 Å². The Balaban J connectivity index is 1.81. The standard InChI is InChI=1S/C20H16ClN5O/c1-12-6-13(2)19(16(21)7-12)26-18-9-17(23-11-24-18)20(27)25-15-5-3-4-14(8-15)10-22/h3-9,11H,1-2H3,(H,25,27)(H,23,24,26). The predicted molar refractivity (Wildman–Crippen MR) is 105 cm³/mol. The van der Waals surface area contributed by atoms with E-state index in [2.05, 4.69) is 20.6 Å². The lowest BCUT2D eigenvalue weighted by atomic mass is 10.1. The normalized spacial score (nSPS) is 10.1. The minimum atomic E-state index is -0.401. The fourth-order valence-electron chi connectivity index (χ4n) is 2.61. The van der Waals surface area contributed by atoms with Gasteiger partial charge in [0.1, 0.15) is 17.8 Å². The molecule has 1 heterocycles. The SMILES string of the molecule is Cc1cc(C)c(Nc2cc(C(=O)Nc3cccc(C#N)c3)ncn2)c(Cl)c1. The summed E-state index contributed by atoms with van der Waals surface area (Å²) in [7, 11) is 0. The number of amides is 1. The van der Waals surface area contributed by atoms with Crippen LogP contribution >= 0.6 is 11.6 Å². The fraction of sp³-hybridized carbons (Fsp3) is 0.100. The van der Waals surface area contributed by atoms with Crippen LogP contribution in [0.1, 0.15) is 27.2 Å². The molecule has 0 aliphatic carbocycles. The van der Waals surface area contributed by atoms with Gasteiger partial charge in [0, 0.05) is 11.8 Å². The van der Waals surface area contributed by atoms with Crippen LogP contribution < -0.4 is 10.6 Å². The molecule has 7 heteroatoms. The van der Waals surface area contributed by atoms with Crippen molar-refractivity contribution < 1.29 is 4.79 Å². The van der Waals surface area contributed by atoms with E-state index in [1.165, 1.54) is 6.33 Å². The second kappa shape index (κ2) is 7.85. The summed E-state index contributed by atoms with van der Waals surface area (Å²) in [5, 5.41) is 15.4. The number of hydrogen-bond donors (Lipinski definition) is 2. The molecule has 0 spiro atoms. The van der Waals surface area contributed by atoms with Crippen LogP contribution in [-0.4, -0.2) is 15.9 Å². The first-order valence-corrected chi connectivity index (χ1v) is 8.51. The van der Waals surface area contributed by atoms with Crippen molar-refractivity contribution >= 4 is 34.7 Å². The molecule has 0 saturated carbocycles. The highest BCUT2D eigenvalue weighted by molar-refractivity contribution is 6.33. The zero-order chi connectivity index (χ0) is 19.4. The van der Waals surface area contributed by atoms with Crippen LogP contribution in [0.15, 0.2) is 48.8 Å². The summed E-state index contributed by atoms with van der Waals surface area (Å²) in [6.45, 7) is 3.91. The molecule has 0 saturated heterocycles. The van der Waals surface area contributed by atoms with E-state index in [0.717, 1.165) is 16.8 Å². The molecule has 134 valence electrons. The molecule has 0 radical (unpaired) electrons. The second-order valence-electron chi connectivity index (χ2n) is 6.00. The maximum Gasteiger partial charge on any atom is 0.274 e. The number of benzene rings is 2. The molecular weight excluding hydrogens is 362 g/mol. The number of anilines is 3. The molecule has 2 N–H and O–H groups in total. The van der Waals surface area contributed by atoms with E-state index >= 15 is 0 Å². The van der Waals surface area contributed by atoms with E-state index in [0.29, 0.717) is 22.1 Å². The van der Waals surface area contributed by atoms with Gasteiger partial charge in [-0.1, -0.05) is 23.7 Å². The second-order valence-corrected chi connectivity index (χ2v) is 6.41. The fourth-order valence-corrected chi connectivity index (χ4v) is 2.98. The summed E-state index contributed by atoms with van der Waals surface area (Å²) in [6.07, 6.45) is 1.31. The Morgan fingerprint density at radius 1 is 1.15 bits per heavy atom. The van der Waals surface area contributed by atoms with Gasteiger partial charge in [0.25, 0.3) is 5.91 Å². The summed E-state index contributed by atoms with van der Waals surface area (Å²) >= 11 is 6.31. The molecule has 3 aromatic rings. The molecule has 1 amide bonds. The Morgan fingerprint density at radius 2 is 1.96 bits per heavy atom. The number of nitrogens with zero attached hydrogens (tertiary/aromatic N) is 3. The average Bonchev–Trinajstić information content (AvgIpc) is 2.65. The molecule has 2 aromatic carbocycles. The van der Waals surface area contributed by atoms with Crippen LogP contribution in [0.25, 0.3) is 0 Å². The molecular formula is C20H16ClN5O. The molecule has 6 nitrogen and oxygen atoms in total. The number of nitriles is 1. The molecule has 1 aromatic heterocycles. The number of rotatable bonds is 4. The van der Waals surface area contributed by atoms with E-state index in [4.69, 9.17) is 16.9 Å². The monoisotopic (exact) mass is 377 g/mol. The van der Waals surface area contributed by atoms with Crippen molar-refractivity contribution in [3.05, 3.63) is 76.2 Å². The van der Waals surface area contributed by atoms with Crippen LogP contribution in [0.5, 0.6) is 0 Å². The third-order valence-corrected chi connectivity index (χ3v) is 4.13. The lowest BCUT2D eigenvalue weighted by Gasteiger charge is -2.12. The van der Waals surface area contributed by atoms with Gasteiger partial charge >= 0.3 is 0 Å². The number of carbonyl (C=O) groups is 1. The van der Waals surface area contributed by atoms with Crippen LogP contribution in [0.4, 0.5) is 17.2 Å². The van der Waals surface area contributed by atoms with Crippen molar-refractivity contribution in [2.75, 3.05) is 10.6 Å². The Labute approximate surface area is 161 Å². The van der Waals surface area contributed by atoms with Crippen LogP contribution in [-0.2, 0) is 0 Å². The Kier molecular flexibility index (Phi) is 5.34. The van der Waals surface area contributed by atoms with Gasteiger partial charge in [-0.2, -0.15) is 5.26 Å². The third kappa shape index (κ3) is 4.40. The number of hydrogen-bond acceptors (Lipinski definition) is 5. The summed E-state index contributed by atoms with van der Waals surface area (Å²) in [5.74, 6) is 0.0528. The van der Waals surface area contributed by atoms with Crippen LogP contribution in [0.3, 0.4) is 0 Å². The maximum absolute atomic E-state index is 12.5. The van der Waals surface area contributed by atoms with E-state index in [1.807, 2.05) is 32.0 Å². The van der Waals surface area contributed by atoms with Gasteiger partial charge < -0.3 is 10.6 Å². The highest BCUT2D eigenvalue weighted by atomic mass is 35.5. The molecule has 0 atom stereocenters. The largest absolute Gasteiger partial charge is 0.339 e. The van der Waals surface area contributed by atoms with E-state index in [-0.39, 0.29) is 5.69 Å². The molecule has 0 unspecified atom stereocenters. The van der Waals surface area contributed by atoms with Crippen molar-refractivity contribution in [1.82, 2.24) is 9.97 Å². The number of aromatic nitrogens is 2. The minimum absolute atomic E-state index is 0.191. The third-order valence-electron chi connectivity index (χ3n) is 3.83. The molecule has 0 aliphatic heterocycles. The highest BCUT2D eigenvalue weighted by Crippen LogP contribution is 2.29. The quantitative estimate of drug-likeness (QED) is 0.692. The van der Waals surface area contributed by atoms with Gasteiger partial charge in [-0.05, 0) is 49.2 Å². The smallest absolute Gasteiger partial charge is 0.274 e. The highest BCUT2D eigenvalue weighted by Gasteiger charge is 2.12. The Bertz CT molecular complexity index is 1040. The van der Waals surface area contributed by atoms with Crippen molar-refractivity contribution in [1.29, 1.82) is 5.26 Å². The van der Waals surface area contributed by atoms with Crippen molar-refractivity contribution in [3.8, 4) is 6.07 Å². The average molecular weight is 378 g/mol. The summed E-state index contributed by atoms with van der Waals surface area (Å²) in [4.78, 5) is 20.6. The lowest BCUT2D eigenvalue weighted by molar-refractivity contribution is 0.102. The zero-order valence-electron chi connectivity index (χ0n) is 14.7. The van der Waals surface area contributed by atoms with E-state index in [1.54, 1.807) is 30.3 Å². The van der Waals surface area contributed by atoms with Crippen molar-refractivity contribution in [2.24, 2.45) is 0 Å². The van der Waals surface area contributed by atoms with Crippen molar-refractivity contribution in [2.45, 2.75) is 13.8 Å². The molecule has 27 heavy (non-hydrogen) atoms. The van der Waals surface area contributed by atoms with Crippen LogP contribution in [0, 0.1) is 25.2 Å². The van der Waals surface area contributed by atoms with Gasteiger partial charge in [0.05, 0.1) is 22.3 Å². The molecule has 0 bridgehead atoms. The molecule has 0 aliphatic rings. The maximum atomic E-state index is 12.5. The Morgan fingerprint density at radius 3 is 2.70 bits per heavy atom. The molecule has 3 rings (SSSR count). The van der Waals surface area contributed by atoms with Crippen LogP contribution in [0.2, 0.25) is 5.02 Å². The number of aryl methyl sites for hydroxylation is 2. The summed E-state index contributed by atoms with van der Waals surface area (Å²) in [6, 6.07) is 14.1. The van der Waals surface area contributed by atoms with E-state index < -0.39 is 5.91 Å².